The minimum atomic E-state index is -0.518. The Labute approximate surface area is 166 Å². The van der Waals surface area contributed by atoms with E-state index < -0.39 is 5.54 Å². The van der Waals surface area contributed by atoms with E-state index in [1.165, 1.54) is 11.9 Å². The Balaban J connectivity index is 1.71. The van der Waals surface area contributed by atoms with Crippen molar-refractivity contribution >= 4 is 28.0 Å². The summed E-state index contributed by atoms with van der Waals surface area (Å²) >= 11 is 0. The number of nitrogen functional groups attached to an aromatic ring is 1. The first-order valence-electron chi connectivity index (χ1n) is 9.45. The van der Waals surface area contributed by atoms with Crippen LogP contribution in [0.4, 0.5) is 5.82 Å². The number of hydrogen-bond acceptors (Lipinski definition) is 6. The summed E-state index contributed by atoms with van der Waals surface area (Å²) in [5, 5.41) is 0. The van der Waals surface area contributed by atoms with Gasteiger partial charge in [0, 0.05) is 12.0 Å². The zero-order valence-corrected chi connectivity index (χ0v) is 15.7. The van der Waals surface area contributed by atoms with Crippen molar-refractivity contribution < 1.29 is 0 Å². The predicted octanol–water partition coefficient (Wildman–Crippen LogP) is 3.34. The molecule has 2 aromatic carbocycles. The molecule has 29 heavy (non-hydrogen) atoms. The minimum Gasteiger partial charge on any atom is -0.382 e. The lowest BCUT2D eigenvalue weighted by Gasteiger charge is -2.36. The number of hydrogen-bond donors (Lipinski definition) is 1. The van der Waals surface area contributed by atoms with E-state index in [0.717, 1.165) is 34.4 Å². The molecule has 5 aromatic rings. The number of fused-ring (bicyclic) bond motifs is 5. The Morgan fingerprint density at radius 3 is 2.55 bits per heavy atom. The second-order valence-corrected chi connectivity index (χ2v) is 7.56. The summed E-state index contributed by atoms with van der Waals surface area (Å²) < 4.78 is 2.05. The van der Waals surface area contributed by atoms with Gasteiger partial charge in [-0.15, -0.1) is 0 Å². The maximum absolute atomic E-state index is 6.03. The monoisotopic (exact) mass is 379 g/mol. The Hall–Kier alpha value is -3.87. The predicted molar refractivity (Wildman–Crippen MR) is 111 cm³/mol. The van der Waals surface area contributed by atoms with Crippen LogP contribution in [0.5, 0.6) is 0 Å². The van der Waals surface area contributed by atoms with Crippen LogP contribution in [0.3, 0.4) is 0 Å². The lowest BCUT2D eigenvalue weighted by molar-refractivity contribution is 0.383. The van der Waals surface area contributed by atoms with Crippen LogP contribution in [0.1, 0.15) is 18.2 Å². The van der Waals surface area contributed by atoms with Crippen LogP contribution in [0.2, 0.25) is 0 Å². The molecule has 7 nitrogen and oxygen atoms in total. The second-order valence-electron chi connectivity index (χ2n) is 7.56. The highest BCUT2D eigenvalue weighted by molar-refractivity contribution is 5.83. The molecule has 1 aliphatic rings. The zero-order valence-electron chi connectivity index (χ0n) is 15.7. The van der Waals surface area contributed by atoms with E-state index in [1.807, 2.05) is 30.3 Å². The quantitative estimate of drug-likeness (QED) is 0.480. The fourth-order valence-electron chi connectivity index (χ4n) is 4.34. The fourth-order valence-corrected chi connectivity index (χ4v) is 4.34. The molecule has 1 atom stereocenters. The smallest absolute Gasteiger partial charge is 0.166 e. The molecule has 140 valence electrons. The Morgan fingerprint density at radius 2 is 1.69 bits per heavy atom. The fraction of sp³-hybridized carbons (Fsp3) is 0.136. The third-order valence-electron chi connectivity index (χ3n) is 5.78. The van der Waals surface area contributed by atoms with Crippen molar-refractivity contribution in [2.24, 2.45) is 0 Å². The van der Waals surface area contributed by atoms with Gasteiger partial charge in [0.15, 0.2) is 11.5 Å². The van der Waals surface area contributed by atoms with Crippen LogP contribution in [0.15, 0.2) is 61.2 Å². The van der Waals surface area contributed by atoms with Gasteiger partial charge in [-0.1, -0.05) is 36.4 Å². The summed E-state index contributed by atoms with van der Waals surface area (Å²) in [6, 6.07) is 16.3. The van der Waals surface area contributed by atoms with Crippen molar-refractivity contribution in [1.82, 2.24) is 29.5 Å². The normalized spacial score (nSPS) is 18.0. The number of para-hydroxylation sites is 2. The van der Waals surface area contributed by atoms with Crippen LogP contribution in [-0.4, -0.2) is 29.5 Å². The van der Waals surface area contributed by atoms with E-state index in [9.17, 15) is 0 Å². The summed E-state index contributed by atoms with van der Waals surface area (Å²) in [5.41, 5.74) is 12.7. The number of rotatable bonds is 1. The molecular weight excluding hydrogens is 362 g/mol. The summed E-state index contributed by atoms with van der Waals surface area (Å²) in [6.45, 7) is 2.16. The van der Waals surface area contributed by atoms with E-state index in [-0.39, 0.29) is 0 Å². The highest BCUT2D eigenvalue weighted by atomic mass is 15.2. The van der Waals surface area contributed by atoms with Gasteiger partial charge in [-0.3, -0.25) is 0 Å². The lowest BCUT2D eigenvalue weighted by Crippen LogP contribution is -2.38. The molecule has 0 fully saturated rings. The number of nitrogens with two attached hydrogens (primary N) is 1. The second kappa shape index (κ2) is 5.57. The number of nitrogens with zero attached hydrogens (tertiary/aromatic N) is 6. The van der Waals surface area contributed by atoms with Gasteiger partial charge >= 0.3 is 0 Å². The van der Waals surface area contributed by atoms with Crippen LogP contribution < -0.4 is 5.73 Å². The van der Waals surface area contributed by atoms with Crippen LogP contribution in [0, 0.1) is 0 Å². The van der Waals surface area contributed by atoms with Gasteiger partial charge in [0.25, 0.3) is 0 Å². The number of benzene rings is 2. The number of aromatic nitrogens is 6. The van der Waals surface area contributed by atoms with Crippen molar-refractivity contribution in [2.75, 3.05) is 5.73 Å². The van der Waals surface area contributed by atoms with Gasteiger partial charge < -0.3 is 10.3 Å². The van der Waals surface area contributed by atoms with E-state index >= 15 is 0 Å². The van der Waals surface area contributed by atoms with Gasteiger partial charge in [-0.25, -0.2) is 24.9 Å². The van der Waals surface area contributed by atoms with Crippen molar-refractivity contribution in [3.05, 3.63) is 72.4 Å². The molecule has 0 saturated carbocycles. The first kappa shape index (κ1) is 16.1. The topological polar surface area (TPSA) is 95.4 Å². The van der Waals surface area contributed by atoms with E-state index in [0.29, 0.717) is 17.0 Å². The number of imidazole rings is 1. The standard InChI is InChI=1S/C22H17N7/c1-22(29-12-26-18-20(23)24-11-25-21(18)29)10-13-6-2-3-7-14(13)17-19(22)28-16-9-5-4-8-15(16)27-17/h2-9,11-12H,10H2,1H3,(H2,23,24,25). The van der Waals surface area contributed by atoms with Crippen LogP contribution in [-0.2, 0) is 12.0 Å². The lowest BCUT2D eigenvalue weighted by atomic mass is 9.79. The van der Waals surface area contributed by atoms with Gasteiger partial charge in [0.1, 0.15) is 11.8 Å². The molecule has 0 aliphatic heterocycles. The molecule has 1 unspecified atom stereocenters. The van der Waals surface area contributed by atoms with Gasteiger partial charge in [0.05, 0.1) is 34.3 Å². The molecule has 7 heteroatoms. The average molecular weight is 379 g/mol. The highest BCUT2D eigenvalue weighted by Crippen LogP contribution is 2.43. The molecule has 2 N–H and O–H groups in total. The van der Waals surface area contributed by atoms with Crippen molar-refractivity contribution in [1.29, 1.82) is 0 Å². The molecule has 3 aromatic heterocycles. The third-order valence-corrected chi connectivity index (χ3v) is 5.78. The summed E-state index contributed by atoms with van der Waals surface area (Å²) in [6.07, 6.45) is 4.01. The number of anilines is 1. The third kappa shape index (κ3) is 2.15. The van der Waals surface area contributed by atoms with E-state index in [2.05, 4.69) is 44.6 Å². The summed E-state index contributed by atoms with van der Waals surface area (Å²) in [5.74, 6) is 0.373. The maximum Gasteiger partial charge on any atom is 0.166 e. The Bertz CT molecular complexity index is 1420. The Morgan fingerprint density at radius 1 is 0.931 bits per heavy atom. The van der Waals surface area contributed by atoms with Gasteiger partial charge in [0.2, 0.25) is 0 Å². The van der Waals surface area contributed by atoms with Crippen LogP contribution >= 0.6 is 0 Å². The molecule has 3 heterocycles. The largest absolute Gasteiger partial charge is 0.382 e. The zero-order chi connectivity index (χ0) is 19.6. The summed E-state index contributed by atoms with van der Waals surface area (Å²) in [7, 11) is 0. The minimum absolute atomic E-state index is 0.373. The van der Waals surface area contributed by atoms with E-state index in [1.54, 1.807) is 6.33 Å². The molecular formula is C22H17N7. The molecule has 6 rings (SSSR count). The molecule has 0 amide bonds. The van der Waals surface area contributed by atoms with Crippen molar-refractivity contribution in [2.45, 2.75) is 18.9 Å². The molecule has 1 aliphatic carbocycles. The average Bonchev–Trinajstić information content (AvgIpc) is 3.19. The highest BCUT2D eigenvalue weighted by Gasteiger charge is 2.40. The molecule has 0 bridgehead atoms. The maximum atomic E-state index is 6.03. The molecule has 0 saturated heterocycles. The van der Waals surface area contributed by atoms with Gasteiger partial charge in [-0.2, -0.15) is 0 Å². The SMILES string of the molecule is CC1(n2cnc3c(N)ncnc32)Cc2ccccc2-c2nc3ccccc3nc21. The molecule has 0 spiro atoms. The van der Waals surface area contributed by atoms with Gasteiger partial charge in [-0.05, 0) is 24.6 Å². The summed E-state index contributed by atoms with van der Waals surface area (Å²) in [4.78, 5) is 23.1. The van der Waals surface area contributed by atoms with Crippen LogP contribution in [0.25, 0.3) is 33.5 Å². The molecule has 0 radical (unpaired) electrons. The van der Waals surface area contributed by atoms with Crippen molar-refractivity contribution in [3.63, 3.8) is 0 Å². The Kier molecular flexibility index (Phi) is 3.10. The van der Waals surface area contributed by atoms with Crippen molar-refractivity contribution in [3.8, 4) is 11.3 Å². The first-order valence-corrected chi connectivity index (χ1v) is 9.45. The first-order chi connectivity index (χ1) is 14.1. The van der Waals surface area contributed by atoms with E-state index in [4.69, 9.17) is 15.7 Å².